The maximum Gasteiger partial charge on any atom is 0.162 e. The number of rotatable bonds is 10. The minimum Gasteiger partial charge on any atom is -0.310 e. The molecule has 0 bridgehead atoms. The maximum absolute atomic E-state index is 4.60. The molecule has 0 atom stereocenters. The Labute approximate surface area is 326 Å². The molecule has 0 amide bonds. The van der Waals surface area contributed by atoms with Crippen molar-refractivity contribution in [1.29, 1.82) is 0 Å². The van der Waals surface area contributed by atoms with Crippen molar-refractivity contribution in [2.24, 2.45) is 0 Å². The third kappa shape index (κ3) is 6.65. The van der Waals surface area contributed by atoms with Gasteiger partial charge in [-0.1, -0.05) is 103 Å². The van der Waals surface area contributed by atoms with Crippen molar-refractivity contribution in [3.63, 3.8) is 0 Å². The van der Waals surface area contributed by atoms with Gasteiger partial charge in [-0.3, -0.25) is 4.98 Å². The monoisotopic (exact) mass is 722 g/mol. The lowest BCUT2D eigenvalue weighted by atomic mass is 9.96. The summed E-state index contributed by atoms with van der Waals surface area (Å²) in [6.07, 6.45) is 14.2. The van der Waals surface area contributed by atoms with E-state index in [0.29, 0.717) is 5.82 Å². The molecule has 0 N–H and O–H groups in total. The number of pyridine rings is 1. The molecule has 56 heavy (non-hydrogen) atoms. The van der Waals surface area contributed by atoms with Gasteiger partial charge in [0.05, 0.1) is 16.7 Å². The minimum atomic E-state index is 0.637. The molecule has 3 heterocycles. The first-order valence-electron chi connectivity index (χ1n) is 18.8. The zero-order valence-corrected chi connectivity index (χ0v) is 30.9. The molecule has 0 aliphatic heterocycles. The van der Waals surface area contributed by atoms with Crippen molar-refractivity contribution in [2.45, 2.75) is 13.3 Å². The molecule has 6 nitrogen and oxygen atoms in total. The zero-order chi connectivity index (χ0) is 37.7. The summed E-state index contributed by atoms with van der Waals surface area (Å²) in [7, 11) is 0. The van der Waals surface area contributed by atoms with Crippen LogP contribution in [-0.2, 0) is 6.42 Å². The lowest BCUT2D eigenvalue weighted by Crippen LogP contribution is -2.10. The van der Waals surface area contributed by atoms with E-state index in [2.05, 4.69) is 193 Å². The van der Waals surface area contributed by atoms with E-state index in [0.717, 1.165) is 51.5 Å². The second-order valence-corrected chi connectivity index (χ2v) is 13.5. The van der Waals surface area contributed by atoms with Crippen LogP contribution in [0.25, 0.3) is 61.3 Å². The molecule has 0 aliphatic rings. The fourth-order valence-electron chi connectivity index (χ4n) is 7.51. The molecule has 9 rings (SSSR count). The molecule has 6 heteroatoms. The van der Waals surface area contributed by atoms with Crippen LogP contribution < -0.4 is 4.90 Å². The number of para-hydroxylation sites is 1. The van der Waals surface area contributed by atoms with Crippen LogP contribution in [0, 0.1) is 0 Å². The smallest absolute Gasteiger partial charge is 0.162 e. The quantitative estimate of drug-likeness (QED) is 0.132. The molecule has 0 aliphatic carbocycles. The number of nitrogens with zero attached hydrogens (tertiary/aromatic N) is 6. The van der Waals surface area contributed by atoms with E-state index < -0.39 is 0 Å². The Balaban J connectivity index is 1.29. The number of fused-ring (bicyclic) bond motifs is 3. The highest BCUT2D eigenvalue weighted by atomic mass is 15.1. The van der Waals surface area contributed by atoms with Crippen LogP contribution >= 0.6 is 0 Å². The highest BCUT2D eigenvalue weighted by molar-refractivity contribution is 6.16. The standard InChI is InChI=1S/C50H38N6/c1-2-3-4-7-16-38-24-30-44(36-14-8-5-9-15-36)49-48(38)45-33-43(29-31-47(45)56(49)40-17-10-6-11-18-40)55(41-25-20-37(21-26-41)46-19-12-13-32-52-46)42-27-22-39(23-28-42)50-53-34-51-35-54-50/h2-15,17-35H,16H2,1H3/b3-2-,7-4-. The van der Waals surface area contributed by atoms with Crippen LogP contribution in [0.4, 0.5) is 17.1 Å². The number of hydrogen-bond donors (Lipinski definition) is 0. The number of benzene rings is 6. The molecular weight excluding hydrogens is 685 g/mol. The van der Waals surface area contributed by atoms with Crippen LogP contribution in [-0.4, -0.2) is 24.5 Å². The topological polar surface area (TPSA) is 59.7 Å². The molecule has 3 aromatic heterocycles. The van der Waals surface area contributed by atoms with E-state index in [1.807, 2.05) is 31.3 Å². The SMILES string of the molecule is C/C=C\C=C/Cc1ccc(-c2ccccc2)c2c1c1cc(N(c3ccc(-c4ccccn4)cc3)c3ccc(-c4ncncn4)cc3)ccc1n2-c1ccccc1. The van der Waals surface area contributed by atoms with Gasteiger partial charge < -0.3 is 9.47 Å². The predicted octanol–water partition coefficient (Wildman–Crippen LogP) is 12.5. The fourth-order valence-corrected chi connectivity index (χ4v) is 7.51. The van der Waals surface area contributed by atoms with Gasteiger partial charge in [-0.05, 0) is 103 Å². The first-order chi connectivity index (χ1) is 27.8. The average molecular weight is 723 g/mol. The van der Waals surface area contributed by atoms with Gasteiger partial charge >= 0.3 is 0 Å². The Bertz CT molecular complexity index is 2710. The van der Waals surface area contributed by atoms with Crippen LogP contribution in [0.5, 0.6) is 0 Å². The second-order valence-electron chi connectivity index (χ2n) is 13.5. The molecular formula is C50H38N6. The van der Waals surface area contributed by atoms with E-state index in [-0.39, 0.29) is 0 Å². The number of aromatic nitrogens is 5. The van der Waals surface area contributed by atoms with Gasteiger partial charge in [-0.25, -0.2) is 15.0 Å². The van der Waals surface area contributed by atoms with E-state index in [4.69, 9.17) is 0 Å². The molecule has 0 saturated heterocycles. The predicted molar refractivity (Wildman–Crippen MR) is 231 cm³/mol. The molecule has 0 saturated carbocycles. The summed E-state index contributed by atoms with van der Waals surface area (Å²) in [6, 6.07) is 55.9. The van der Waals surface area contributed by atoms with Crippen LogP contribution in [0.15, 0.2) is 201 Å². The van der Waals surface area contributed by atoms with Crippen molar-refractivity contribution < 1.29 is 0 Å². The van der Waals surface area contributed by atoms with Gasteiger partial charge in [0, 0.05) is 56.4 Å². The molecule has 0 radical (unpaired) electrons. The summed E-state index contributed by atoms with van der Waals surface area (Å²) < 4.78 is 2.44. The summed E-state index contributed by atoms with van der Waals surface area (Å²) in [6.45, 7) is 2.05. The van der Waals surface area contributed by atoms with Crippen molar-refractivity contribution in [3.8, 4) is 39.5 Å². The molecule has 0 fully saturated rings. The van der Waals surface area contributed by atoms with Gasteiger partial charge in [-0.2, -0.15) is 0 Å². The highest BCUT2D eigenvalue weighted by Crippen LogP contribution is 2.44. The Morgan fingerprint density at radius 3 is 1.96 bits per heavy atom. The van der Waals surface area contributed by atoms with Gasteiger partial charge in [-0.15, -0.1) is 0 Å². The maximum atomic E-state index is 4.60. The van der Waals surface area contributed by atoms with Crippen molar-refractivity contribution in [3.05, 3.63) is 206 Å². The Kier molecular flexibility index (Phi) is 9.50. The van der Waals surface area contributed by atoms with E-state index in [1.54, 1.807) is 0 Å². The van der Waals surface area contributed by atoms with E-state index >= 15 is 0 Å². The highest BCUT2D eigenvalue weighted by Gasteiger charge is 2.22. The largest absolute Gasteiger partial charge is 0.310 e. The Morgan fingerprint density at radius 2 is 1.27 bits per heavy atom. The third-order valence-corrected chi connectivity index (χ3v) is 10.1. The van der Waals surface area contributed by atoms with Crippen LogP contribution in [0.2, 0.25) is 0 Å². The van der Waals surface area contributed by atoms with Crippen LogP contribution in [0.1, 0.15) is 12.5 Å². The van der Waals surface area contributed by atoms with Crippen molar-refractivity contribution >= 4 is 38.9 Å². The number of hydrogen-bond acceptors (Lipinski definition) is 5. The Hall–Kier alpha value is -7.44. The van der Waals surface area contributed by atoms with Gasteiger partial charge in [0.15, 0.2) is 5.82 Å². The molecule has 0 unspecified atom stereocenters. The summed E-state index contributed by atoms with van der Waals surface area (Å²) in [4.78, 5) is 19.7. The molecule has 268 valence electrons. The van der Waals surface area contributed by atoms with Crippen molar-refractivity contribution in [2.75, 3.05) is 4.90 Å². The second kappa shape index (κ2) is 15.5. The van der Waals surface area contributed by atoms with E-state index in [9.17, 15) is 0 Å². The normalized spacial score (nSPS) is 11.6. The minimum absolute atomic E-state index is 0.637. The first-order valence-corrected chi connectivity index (χ1v) is 18.8. The Morgan fingerprint density at radius 1 is 0.589 bits per heavy atom. The summed E-state index contributed by atoms with van der Waals surface area (Å²) in [5.41, 5.74) is 13.1. The zero-order valence-electron chi connectivity index (χ0n) is 30.9. The van der Waals surface area contributed by atoms with Gasteiger partial charge in [0.25, 0.3) is 0 Å². The molecule has 0 spiro atoms. The third-order valence-electron chi connectivity index (χ3n) is 10.1. The number of allylic oxidation sites excluding steroid dienone is 4. The summed E-state index contributed by atoms with van der Waals surface area (Å²) in [5, 5.41) is 2.43. The average Bonchev–Trinajstić information content (AvgIpc) is 3.62. The summed E-state index contributed by atoms with van der Waals surface area (Å²) in [5.74, 6) is 0.637. The molecule has 6 aromatic carbocycles. The fraction of sp³-hybridized carbons (Fsp3) is 0.0400. The van der Waals surface area contributed by atoms with Gasteiger partial charge in [0.2, 0.25) is 0 Å². The lowest BCUT2D eigenvalue weighted by Gasteiger charge is -2.26. The van der Waals surface area contributed by atoms with Crippen LogP contribution in [0.3, 0.4) is 0 Å². The first kappa shape index (κ1) is 34.3. The van der Waals surface area contributed by atoms with Crippen molar-refractivity contribution in [1.82, 2.24) is 24.5 Å². The lowest BCUT2D eigenvalue weighted by molar-refractivity contribution is 1.06. The number of anilines is 3. The van der Waals surface area contributed by atoms with E-state index in [1.165, 1.54) is 45.6 Å². The van der Waals surface area contributed by atoms with Gasteiger partial charge in [0.1, 0.15) is 12.7 Å². The molecule has 9 aromatic rings. The summed E-state index contributed by atoms with van der Waals surface area (Å²) >= 11 is 0.